The Hall–Kier alpha value is -3.28. The molecule has 0 aliphatic heterocycles. The number of carbonyl (C=O) groups is 1. The van der Waals surface area contributed by atoms with Crippen LogP contribution in [0.4, 0.5) is 14.6 Å². The summed E-state index contributed by atoms with van der Waals surface area (Å²) in [6, 6.07) is 12.7. The van der Waals surface area contributed by atoms with Crippen LogP contribution in [-0.2, 0) is 16.6 Å². The predicted molar refractivity (Wildman–Crippen MR) is 106 cm³/mol. The number of nitrogens with zero attached hydrogens (tertiary/aromatic N) is 1. The SMILES string of the molecule is O=C(Nc1n[nH]c2c1C=CC(c1cccc(F)c1)(c1cccc(F)c1)C2)C1CC1. The van der Waals surface area contributed by atoms with Crippen molar-refractivity contribution in [1.29, 1.82) is 0 Å². The second kappa shape index (κ2) is 6.65. The molecule has 0 unspecified atom stereocenters. The maximum absolute atomic E-state index is 14.0. The topological polar surface area (TPSA) is 57.8 Å². The highest BCUT2D eigenvalue weighted by atomic mass is 19.1. The van der Waals surface area contributed by atoms with Crippen molar-refractivity contribution in [3.05, 3.63) is 88.6 Å². The van der Waals surface area contributed by atoms with Crippen molar-refractivity contribution in [1.82, 2.24) is 10.2 Å². The average molecular weight is 391 g/mol. The van der Waals surface area contributed by atoms with Gasteiger partial charge in [-0.05, 0) is 48.2 Å². The molecular formula is C23H19F2N3O. The summed E-state index contributed by atoms with van der Waals surface area (Å²) in [5.74, 6) is -0.132. The Morgan fingerprint density at radius 1 is 1.07 bits per heavy atom. The van der Waals surface area contributed by atoms with Crippen LogP contribution in [0.25, 0.3) is 6.08 Å². The largest absolute Gasteiger partial charge is 0.308 e. The quantitative estimate of drug-likeness (QED) is 0.683. The van der Waals surface area contributed by atoms with E-state index in [4.69, 9.17) is 0 Å². The first-order valence-corrected chi connectivity index (χ1v) is 9.64. The van der Waals surface area contributed by atoms with Gasteiger partial charge in [0, 0.05) is 29.0 Å². The first kappa shape index (κ1) is 17.8. The molecule has 0 spiro atoms. The van der Waals surface area contributed by atoms with Crippen LogP contribution in [-0.4, -0.2) is 16.1 Å². The third-order valence-corrected chi connectivity index (χ3v) is 5.74. The minimum absolute atomic E-state index is 0.0141. The first-order valence-electron chi connectivity index (χ1n) is 9.64. The van der Waals surface area contributed by atoms with Gasteiger partial charge in [0.1, 0.15) is 11.6 Å². The van der Waals surface area contributed by atoms with E-state index in [1.54, 1.807) is 12.1 Å². The average Bonchev–Trinajstić information content (AvgIpc) is 3.50. The third kappa shape index (κ3) is 3.14. The number of nitrogens with one attached hydrogen (secondary N) is 2. The number of hydrogen-bond acceptors (Lipinski definition) is 2. The maximum atomic E-state index is 14.0. The predicted octanol–water partition coefficient (Wildman–Crippen LogP) is 4.59. The molecule has 3 aromatic rings. The number of aromatic amines is 1. The van der Waals surface area contributed by atoms with Crippen molar-refractivity contribution in [2.24, 2.45) is 5.92 Å². The number of anilines is 1. The summed E-state index contributed by atoms with van der Waals surface area (Å²) in [5, 5.41) is 10.2. The molecule has 1 aromatic heterocycles. The van der Waals surface area contributed by atoms with Gasteiger partial charge in [0.15, 0.2) is 5.82 Å². The van der Waals surface area contributed by atoms with Gasteiger partial charge in [-0.3, -0.25) is 9.89 Å². The van der Waals surface area contributed by atoms with Gasteiger partial charge in [-0.2, -0.15) is 5.10 Å². The minimum atomic E-state index is -0.749. The first-order chi connectivity index (χ1) is 14.0. The van der Waals surface area contributed by atoms with Gasteiger partial charge in [0.25, 0.3) is 0 Å². The number of aromatic nitrogens is 2. The molecule has 0 atom stereocenters. The summed E-state index contributed by atoms with van der Waals surface area (Å²) in [6.45, 7) is 0. The number of halogens is 2. The van der Waals surface area contributed by atoms with E-state index in [9.17, 15) is 13.6 Å². The van der Waals surface area contributed by atoms with Gasteiger partial charge >= 0.3 is 0 Å². The summed E-state index contributed by atoms with van der Waals surface area (Å²) < 4.78 is 28.1. The van der Waals surface area contributed by atoms with Crippen molar-refractivity contribution < 1.29 is 13.6 Å². The molecule has 2 aromatic carbocycles. The number of allylic oxidation sites excluding steroid dienone is 1. The highest BCUT2D eigenvalue weighted by Crippen LogP contribution is 2.43. The highest BCUT2D eigenvalue weighted by Gasteiger charge is 2.38. The summed E-state index contributed by atoms with van der Waals surface area (Å²) in [6.07, 6.45) is 6.09. The number of hydrogen-bond donors (Lipinski definition) is 2. The minimum Gasteiger partial charge on any atom is -0.308 e. The van der Waals surface area contributed by atoms with E-state index in [0.29, 0.717) is 12.2 Å². The lowest BCUT2D eigenvalue weighted by atomic mass is 9.68. The molecule has 4 nitrogen and oxygen atoms in total. The van der Waals surface area contributed by atoms with Gasteiger partial charge in [-0.25, -0.2) is 8.78 Å². The van der Waals surface area contributed by atoms with Crippen molar-refractivity contribution >= 4 is 17.8 Å². The van der Waals surface area contributed by atoms with E-state index in [1.165, 1.54) is 24.3 Å². The van der Waals surface area contributed by atoms with Crippen LogP contribution in [0.3, 0.4) is 0 Å². The van der Waals surface area contributed by atoms with E-state index >= 15 is 0 Å². The highest BCUT2D eigenvalue weighted by molar-refractivity contribution is 5.95. The molecule has 2 aliphatic rings. The molecule has 29 heavy (non-hydrogen) atoms. The van der Waals surface area contributed by atoms with Gasteiger partial charge in [-0.15, -0.1) is 0 Å². The smallest absolute Gasteiger partial charge is 0.228 e. The Morgan fingerprint density at radius 2 is 1.72 bits per heavy atom. The lowest BCUT2D eigenvalue weighted by Gasteiger charge is -2.34. The summed E-state index contributed by atoms with van der Waals surface area (Å²) in [5.41, 5.74) is 2.32. The molecule has 5 rings (SSSR count). The van der Waals surface area contributed by atoms with Crippen LogP contribution in [0.1, 0.15) is 35.2 Å². The van der Waals surface area contributed by atoms with Gasteiger partial charge < -0.3 is 5.32 Å². The van der Waals surface area contributed by atoms with Crippen molar-refractivity contribution in [2.45, 2.75) is 24.7 Å². The second-order valence-electron chi connectivity index (χ2n) is 7.73. The number of benzene rings is 2. The molecule has 146 valence electrons. The molecule has 0 saturated heterocycles. The second-order valence-corrected chi connectivity index (χ2v) is 7.73. The van der Waals surface area contributed by atoms with Crippen LogP contribution in [0.2, 0.25) is 0 Å². The molecule has 1 saturated carbocycles. The van der Waals surface area contributed by atoms with E-state index in [2.05, 4.69) is 15.5 Å². The number of carbonyl (C=O) groups excluding carboxylic acids is 1. The summed E-state index contributed by atoms with van der Waals surface area (Å²) >= 11 is 0. The van der Waals surface area contributed by atoms with Gasteiger partial charge in [0.2, 0.25) is 5.91 Å². The normalized spacial score (nSPS) is 17.0. The van der Waals surface area contributed by atoms with Crippen molar-refractivity contribution in [2.75, 3.05) is 5.32 Å². The van der Waals surface area contributed by atoms with Gasteiger partial charge in [0.05, 0.1) is 0 Å². The molecule has 1 fully saturated rings. The van der Waals surface area contributed by atoms with Gasteiger partial charge in [-0.1, -0.05) is 36.4 Å². The van der Waals surface area contributed by atoms with Crippen LogP contribution in [0.15, 0.2) is 54.6 Å². The maximum Gasteiger partial charge on any atom is 0.228 e. The monoisotopic (exact) mass is 391 g/mol. The molecule has 2 aliphatic carbocycles. The van der Waals surface area contributed by atoms with E-state index in [1.807, 2.05) is 24.3 Å². The van der Waals surface area contributed by atoms with Crippen molar-refractivity contribution in [3.8, 4) is 0 Å². The Morgan fingerprint density at radius 3 is 2.31 bits per heavy atom. The van der Waals surface area contributed by atoms with E-state index in [-0.39, 0.29) is 23.5 Å². The van der Waals surface area contributed by atoms with Crippen LogP contribution < -0.4 is 5.32 Å². The van der Waals surface area contributed by atoms with Crippen LogP contribution in [0, 0.1) is 17.6 Å². The zero-order valence-electron chi connectivity index (χ0n) is 15.6. The molecule has 2 N–H and O–H groups in total. The Bertz CT molecular complexity index is 1090. The fraction of sp³-hybridized carbons (Fsp3) is 0.217. The fourth-order valence-electron chi connectivity index (χ4n) is 4.02. The summed E-state index contributed by atoms with van der Waals surface area (Å²) in [4.78, 5) is 12.1. The van der Waals surface area contributed by atoms with Crippen LogP contribution >= 0.6 is 0 Å². The Labute approximate surface area is 166 Å². The third-order valence-electron chi connectivity index (χ3n) is 5.74. The van der Waals surface area contributed by atoms with Crippen molar-refractivity contribution in [3.63, 3.8) is 0 Å². The molecular weight excluding hydrogens is 372 g/mol. The van der Waals surface area contributed by atoms with E-state index in [0.717, 1.165) is 35.2 Å². The Kier molecular flexibility index (Phi) is 4.08. The molecule has 6 heteroatoms. The number of amides is 1. The zero-order chi connectivity index (χ0) is 20.0. The fourth-order valence-corrected chi connectivity index (χ4v) is 4.02. The lowest BCUT2D eigenvalue weighted by Crippen LogP contribution is -2.31. The number of H-pyrrole nitrogens is 1. The van der Waals surface area contributed by atoms with E-state index < -0.39 is 5.41 Å². The molecule has 1 amide bonds. The zero-order valence-corrected chi connectivity index (χ0v) is 15.6. The van der Waals surface area contributed by atoms with Crippen LogP contribution in [0.5, 0.6) is 0 Å². The molecule has 0 bridgehead atoms. The molecule has 1 heterocycles. The Balaban J connectivity index is 1.59. The lowest BCUT2D eigenvalue weighted by molar-refractivity contribution is -0.117. The number of rotatable bonds is 4. The molecule has 0 radical (unpaired) electrons. The standard InChI is InChI=1S/C23H19F2N3O/c24-17-5-1-3-15(11-17)23(16-4-2-6-18(25)12-16)10-9-19-20(13-23)27-28-21(19)26-22(29)14-7-8-14/h1-6,9-12,14H,7-8,13H2,(H2,26,27,28,29). The summed E-state index contributed by atoms with van der Waals surface area (Å²) in [7, 11) is 0. The number of fused-ring (bicyclic) bond motifs is 1.